The summed E-state index contributed by atoms with van der Waals surface area (Å²) >= 11 is 0. The number of hydrogen-bond acceptors (Lipinski definition) is 5. The molecule has 0 amide bonds. The molecule has 0 unspecified atom stereocenters. The molecule has 0 radical (unpaired) electrons. The molecule has 2 aromatic rings. The van der Waals surface area contributed by atoms with Gasteiger partial charge in [0.2, 0.25) is 0 Å². The first-order valence-electron chi connectivity index (χ1n) is 5.10. The molecule has 6 nitrogen and oxygen atoms in total. The van der Waals surface area contributed by atoms with Crippen molar-refractivity contribution in [3.05, 3.63) is 34.6 Å². The normalized spacial score (nSPS) is 10.6. The van der Waals surface area contributed by atoms with Gasteiger partial charge >= 0.3 is 0 Å². The number of aromatic nitrogens is 3. The molecule has 1 aromatic carbocycles. The van der Waals surface area contributed by atoms with E-state index in [0.717, 1.165) is 0 Å². The van der Waals surface area contributed by atoms with Gasteiger partial charge in [-0.15, -0.1) is 5.10 Å². The predicted molar refractivity (Wildman–Crippen MR) is 62.0 cm³/mol. The van der Waals surface area contributed by atoms with Crippen LogP contribution in [0.3, 0.4) is 0 Å². The van der Waals surface area contributed by atoms with Crippen molar-refractivity contribution in [3.8, 4) is 6.07 Å². The molecule has 0 aliphatic heterocycles. The topological polar surface area (TPSA) is 74.8 Å². The van der Waals surface area contributed by atoms with Gasteiger partial charge < -0.3 is 0 Å². The lowest BCUT2D eigenvalue weighted by Gasteiger charge is -2.12. The van der Waals surface area contributed by atoms with Crippen LogP contribution in [0.1, 0.15) is 0 Å². The van der Waals surface area contributed by atoms with E-state index in [1.54, 1.807) is 30.1 Å². The Morgan fingerprint density at radius 3 is 3.00 bits per heavy atom. The van der Waals surface area contributed by atoms with E-state index < -0.39 is 0 Å². The van der Waals surface area contributed by atoms with E-state index in [9.17, 15) is 4.79 Å². The molecule has 2 rings (SSSR count). The van der Waals surface area contributed by atoms with Gasteiger partial charge in [0.25, 0.3) is 5.56 Å². The smallest absolute Gasteiger partial charge is 0.274 e. The summed E-state index contributed by atoms with van der Waals surface area (Å²) in [7, 11) is 1.74. The van der Waals surface area contributed by atoms with Crippen molar-refractivity contribution in [3.63, 3.8) is 0 Å². The summed E-state index contributed by atoms with van der Waals surface area (Å²) in [5.74, 6) is 0. The highest BCUT2D eigenvalue weighted by Gasteiger charge is 2.06. The summed E-state index contributed by atoms with van der Waals surface area (Å²) in [6.07, 6.45) is 0. The standard InChI is InChI=1S/C11H11N5O/c1-15(7-6-12)8-16-11(17)9-4-2-3-5-10(9)13-14-16/h2-5H,7-8H2,1H3. The van der Waals surface area contributed by atoms with Crippen molar-refractivity contribution >= 4 is 10.9 Å². The largest absolute Gasteiger partial charge is 0.278 e. The van der Waals surface area contributed by atoms with Crippen LogP contribution in [0.2, 0.25) is 0 Å². The van der Waals surface area contributed by atoms with Gasteiger partial charge in [-0.2, -0.15) is 9.94 Å². The minimum absolute atomic E-state index is 0.194. The van der Waals surface area contributed by atoms with E-state index in [-0.39, 0.29) is 18.8 Å². The average molecular weight is 229 g/mol. The maximum absolute atomic E-state index is 12.0. The van der Waals surface area contributed by atoms with Gasteiger partial charge in [0, 0.05) is 0 Å². The molecule has 6 heteroatoms. The Bertz CT molecular complexity index is 628. The van der Waals surface area contributed by atoms with E-state index >= 15 is 0 Å². The Morgan fingerprint density at radius 1 is 1.47 bits per heavy atom. The van der Waals surface area contributed by atoms with Crippen LogP contribution >= 0.6 is 0 Å². The summed E-state index contributed by atoms with van der Waals surface area (Å²) in [5, 5.41) is 16.9. The van der Waals surface area contributed by atoms with Gasteiger partial charge in [0.1, 0.15) is 5.52 Å². The van der Waals surface area contributed by atoms with Gasteiger partial charge in [-0.25, -0.2) is 0 Å². The van der Waals surface area contributed by atoms with Crippen LogP contribution in [0.25, 0.3) is 10.9 Å². The lowest BCUT2D eigenvalue weighted by molar-refractivity contribution is 0.270. The molecule has 1 heterocycles. The third kappa shape index (κ3) is 2.29. The van der Waals surface area contributed by atoms with Gasteiger partial charge in [0.05, 0.1) is 24.7 Å². The molecular formula is C11H11N5O. The molecule has 1 aromatic heterocycles. The van der Waals surface area contributed by atoms with Crippen LogP contribution in [0.15, 0.2) is 29.1 Å². The fraction of sp³-hybridized carbons (Fsp3) is 0.273. The van der Waals surface area contributed by atoms with Crippen LogP contribution in [0.4, 0.5) is 0 Å². The van der Waals surface area contributed by atoms with Gasteiger partial charge in [0.15, 0.2) is 0 Å². The van der Waals surface area contributed by atoms with Crippen molar-refractivity contribution in [2.75, 3.05) is 13.6 Å². The average Bonchev–Trinajstić information content (AvgIpc) is 2.33. The number of benzene rings is 1. The quantitative estimate of drug-likeness (QED) is 0.703. The van der Waals surface area contributed by atoms with Gasteiger partial charge in [-0.3, -0.25) is 9.69 Å². The second-order valence-corrected chi connectivity index (χ2v) is 3.72. The summed E-state index contributed by atoms with van der Waals surface area (Å²) < 4.78 is 1.25. The van der Waals surface area contributed by atoms with Crippen molar-refractivity contribution < 1.29 is 0 Å². The summed E-state index contributed by atoms with van der Waals surface area (Å²) in [6, 6.07) is 9.06. The molecular weight excluding hydrogens is 218 g/mol. The lowest BCUT2D eigenvalue weighted by atomic mass is 10.2. The number of nitriles is 1. The summed E-state index contributed by atoms with van der Waals surface area (Å²) in [6.45, 7) is 0.491. The first-order chi connectivity index (χ1) is 8.22. The Labute approximate surface area is 97.7 Å². The van der Waals surface area contributed by atoms with Gasteiger partial charge in [-0.1, -0.05) is 17.3 Å². The van der Waals surface area contributed by atoms with Crippen molar-refractivity contribution in [2.45, 2.75) is 6.67 Å². The highest BCUT2D eigenvalue weighted by atomic mass is 16.1. The van der Waals surface area contributed by atoms with E-state index in [1.807, 2.05) is 12.1 Å². The molecule has 0 aliphatic carbocycles. The zero-order valence-corrected chi connectivity index (χ0v) is 9.37. The van der Waals surface area contributed by atoms with E-state index in [0.29, 0.717) is 10.9 Å². The highest BCUT2D eigenvalue weighted by molar-refractivity contribution is 5.76. The molecule has 0 atom stereocenters. The summed E-state index contributed by atoms with van der Waals surface area (Å²) in [5.41, 5.74) is 0.386. The molecule has 0 N–H and O–H groups in total. The van der Waals surface area contributed by atoms with Crippen molar-refractivity contribution in [2.24, 2.45) is 0 Å². The molecule has 0 fully saturated rings. The second kappa shape index (κ2) is 4.72. The van der Waals surface area contributed by atoms with E-state index in [2.05, 4.69) is 10.3 Å². The number of nitrogens with zero attached hydrogens (tertiary/aromatic N) is 5. The second-order valence-electron chi connectivity index (χ2n) is 3.72. The number of fused-ring (bicyclic) bond motifs is 1. The Balaban J connectivity index is 2.40. The van der Waals surface area contributed by atoms with Crippen LogP contribution in [-0.2, 0) is 6.67 Å². The summed E-state index contributed by atoms with van der Waals surface area (Å²) in [4.78, 5) is 13.7. The zero-order valence-electron chi connectivity index (χ0n) is 9.37. The SMILES string of the molecule is CN(CC#N)Cn1nnc2ccccc2c1=O. The van der Waals surface area contributed by atoms with Crippen LogP contribution in [0.5, 0.6) is 0 Å². The Kier molecular flexibility index (Phi) is 3.12. The van der Waals surface area contributed by atoms with Crippen LogP contribution in [0, 0.1) is 11.3 Å². The van der Waals surface area contributed by atoms with E-state index in [1.165, 1.54) is 4.68 Å². The molecule has 0 bridgehead atoms. The Hall–Kier alpha value is -2.26. The molecule has 86 valence electrons. The van der Waals surface area contributed by atoms with Crippen molar-refractivity contribution in [1.82, 2.24) is 19.9 Å². The highest BCUT2D eigenvalue weighted by Crippen LogP contribution is 2.03. The molecule has 17 heavy (non-hydrogen) atoms. The van der Waals surface area contributed by atoms with Crippen LogP contribution in [-0.4, -0.2) is 33.5 Å². The molecule has 0 aliphatic rings. The maximum atomic E-state index is 12.0. The number of hydrogen-bond donors (Lipinski definition) is 0. The number of rotatable bonds is 3. The fourth-order valence-corrected chi connectivity index (χ4v) is 1.52. The third-order valence-corrected chi connectivity index (χ3v) is 2.35. The fourth-order valence-electron chi connectivity index (χ4n) is 1.52. The first kappa shape index (κ1) is 11.2. The first-order valence-corrected chi connectivity index (χ1v) is 5.10. The maximum Gasteiger partial charge on any atom is 0.278 e. The van der Waals surface area contributed by atoms with Crippen LogP contribution < -0.4 is 5.56 Å². The predicted octanol–water partition coefficient (Wildman–Crippen LogP) is 0.204. The molecule has 0 saturated heterocycles. The third-order valence-electron chi connectivity index (χ3n) is 2.35. The van der Waals surface area contributed by atoms with E-state index in [4.69, 9.17) is 5.26 Å². The monoisotopic (exact) mass is 229 g/mol. The zero-order chi connectivity index (χ0) is 12.3. The molecule has 0 spiro atoms. The minimum atomic E-state index is -0.194. The van der Waals surface area contributed by atoms with Crippen molar-refractivity contribution in [1.29, 1.82) is 5.26 Å². The molecule has 0 saturated carbocycles. The van der Waals surface area contributed by atoms with Gasteiger partial charge in [-0.05, 0) is 19.2 Å². The minimum Gasteiger partial charge on any atom is -0.274 e. The Morgan fingerprint density at radius 2 is 2.24 bits per heavy atom. The lowest BCUT2D eigenvalue weighted by Crippen LogP contribution is -2.32.